The van der Waals surface area contributed by atoms with E-state index in [0.29, 0.717) is 24.2 Å². The largest absolute Gasteiger partial charge is 0.419 e. The molecule has 0 aliphatic carbocycles. The van der Waals surface area contributed by atoms with Crippen LogP contribution in [0, 0.1) is 6.92 Å². The number of fused-ring (bicyclic) bond motifs is 1. The zero-order valence-electron chi connectivity index (χ0n) is 22.0. The normalized spacial score (nSPS) is 12.6. The molecule has 2 heterocycles. The van der Waals surface area contributed by atoms with Crippen molar-refractivity contribution >= 4 is 35.4 Å². The standard InChI is InChI=1S/C29H30ClF3N6/c1-5-19-8-6-7-18(2)27(19)39-28(22-9-10-24(30)26-21(22)11-14-37-26)23(25(38-39)12-13-34-3)17-36-16-20(15-35-4)29(31,32)33/h6-11,14-16,34,37H,4-5,12-13,17H2,1-3H3/b20-15+,36-16?. The molecule has 10 heteroatoms. The summed E-state index contributed by atoms with van der Waals surface area (Å²) in [6.07, 6.45) is 0.0281. The maximum absolute atomic E-state index is 13.5. The van der Waals surface area contributed by atoms with Crippen molar-refractivity contribution in [1.29, 1.82) is 0 Å². The van der Waals surface area contributed by atoms with Crippen LogP contribution >= 0.6 is 11.6 Å². The van der Waals surface area contributed by atoms with Gasteiger partial charge in [0.25, 0.3) is 0 Å². The molecule has 2 aromatic heterocycles. The molecule has 0 aliphatic heterocycles. The number of likely N-dealkylation sites (N-methyl/N-ethyl adjacent to an activating group) is 1. The molecule has 0 aliphatic rings. The Bertz CT molecular complexity index is 1540. The number of benzene rings is 2. The van der Waals surface area contributed by atoms with E-state index < -0.39 is 11.7 Å². The minimum Gasteiger partial charge on any atom is -0.360 e. The number of rotatable bonds is 10. The molecule has 4 aromatic rings. The number of aromatic nitrogens is 3. The molecule has 0 radical (unpaired) electrons. The van der Waals surface area contributed by atoms with E-state index in [1.54, 1.807) is 0 Å². The quantitative estimate of drug-likeness (QED) is 0.207. The van der Waals surface area contributed by atoms with Crippen LogP contribution in [0.25, 0.3) is 27.8 Å². The molecule has 0 bridgehead atoms. The lowest BCUT2D eigenvalue weighted by molar-refractivity contribution is -0.0857. The van der Waals surface area contributed by atoms with Crippen LogP contribution in [0.5, 0.6) is 0 Å². The van der Waals surface area contributed by atoms with Crippen LogP contribution in [0.3, 0.4) is 0 Å². The zero-order valence-corrected chi connectivity index (χ0v) is 22.8. The molecule has 204 valence electrons. The summed E-state index contributed by atoms with van der Waals surface area (Å²) >= 11 is 6.48. The molecule has 0 saturated carbocycles. The van der Waals surface area contributed by atoms with Crippen LogP contribution in [0.2, 0.25) is 5.02 Å². The summed E-state index contributed by atoms with van der Waals surface area (Å²) in [6, 6.07) is 11.8. The third kappa shape index (κ3) is 5.84. The number of aromatic amines is 1. The van der Waals surface area contributed by atoms with Crippen molar-refractivity contribution < 1.29 is 13.2 Å². The van der Waals surface area contributed by atoms with Gasteiger partial charge in [0.05, 0.1) is 39.7 Å². The summed E-state index contributed by atoms with van der Waals surface area (Å²) in [4.78, 5) is 10.7. The Labute approximate surface area is 230 Å². The number of hydrogen-bond acceptors (Lipinski definition) is 4. The maximum atomic E-state index is 13.5. The Hall–Kier alpha value is -3.69. The van der Waals surface area contributed by atoms with Gasteiger partial charge in [-0.1, -0.05) is 42.8 Å². The first-order chi connectivity index (χ1) is 18.7. The van der Waals surface area contributed by atoms with Crippen LogP contribution in [-0.4, -0.2) is 47.5 Å². The molecule has 2 aromatic carbocycles. The highest BCUT2D eigenvalue weighted by molar-refractivity contribution is 6.35. The molecule has 0 saturated heterocycles. The van der Waals surface area contributed by atoms with Crippen molar-refractivity contribution in [1.82, 2.24) is 20.1 Å². The fourth-order valence-corrected chi connectivity index (χ4v) is 4.91. The number of aryl methyl sites for hydroxylation is 2. The van der Waals surface area contributed by atoms with Gasteiger partial charge in [0, 0.05) is 48.1 Å². The number of nitrogens with one attached hydrogen (secondary N) is 2. The summed E-state index contributed by atoms with van der Waals surface area (Å²) < 4.78 is 42.3. The van der Waals surface area contributed by atoms with Gasteiger partial charge >= 0.3 is 6.18 Å². The van der Waals surface area contributed by atoms with E-state index >= 15 is 0 Å². The first kappa shape index (κ1) is 28.3. The van der Waals surface area contributed by atoms with Gasteiger partial charge in [0.2, 0.25) is 0 Å². The van der Waals surface area contributed by atoms with Crippen molar-refractivity contribution in [3.05, 3.63) is 81.8 Å². The van der Waals surface area contributed by atoms with Crippen LogP contribution < -0.4 is 5.32 Å². The zero-order chi connectivity index (χ0) is 28.2. The highest BCUT2D eigenvalue weighted by atomic mass is 35.5. The molecule has 0 amide bonds. The Morgan fingerprint density at radius 2 is 2.03 bits per heavy atom. The average molecular weight is 555 g/mol. The molecule has 0 spiro atoms. The second-order valence-corrected chi connectivity index (χ2v) is 9.48. The van der Waals surface area contributed by atoms with Crippen molar-refractivity contribution in [3.8, 4) is 16.9 Å². The van der Waals surface area contributed by atoms with Gasteiger partial charge in [0.15, 0.2) is 0 Å². The number of allylic oxidation sites excluding steroid dienone is 1. The van der Waals surface area contributed by atoms with E-state index in [-0.39, 0.29) is 6.54 Å². The van der Waals surface area contributed by atoms with Gasteiger partial charge < -0.3 is 10.3 Å². The molecule has 6 nitrogen and oxygen atoms in total. The lowest BCUT2D eigenvalue weighted by Gasteiger charge is -2.16. The van der Waals surface area contributed by atoms with Crippen LogP contribution in [0.15, 0.2) is 64.4 Å². The van der Waals surface area contributed by atoms with E-state index in [2.05, 4.69) is 40.0 Å². The molecule has 0 atom stereocenters. The van der Waals surface area contributed by atoms with Crippen LogP contribution in [-0.2, 0) is 19.4 Å². The van der Waals surface area contributed by atoms with Crippen molar-refractivity contribution in [3.63, 3.8) is 0 Å². The number of alkyl halides is 3. The van der Waals surface area contributed by atoms with Gasteiger partial charge in [-0.3, -0.25) is 9.98 Å². The van der Waals surface area contributed by atoms with Crippen LogP contribution in [0.1, 0.15) is 29.3 Å². The maximum Gasteiger partial charge on any atom is 0.419 e. The van der Waals surface area contributed by atoms with Gasteiger partial charge in [-0.25, -0.2) is 4.68 Å². The molecule has 39 heavy (non-hydrogen) atoms. The SMILES string of the molecule is C=N/C=C(\C=NCc1c(CCNC)nn(-c2c(C)cccc2CC)c1-c1ccc(Cl)c2[nH]ccc12)C(F)(F)F. The Kier molecular flexibility index (Phi) is 8.72. The van der Waals surface area contributed by atoms with Crippen molar-refractivity contribution in [2.45, 2.75) is 39.4 Å². The number of hydrogen-bond donors (Lipinski definition) is 2. The fourth-order valence-electron chi connectivity index (χ4n) is 4.69. The van der Waals surface area contributed by atoms with Gasteiger partial charge in [-0.05, 0) is 50.4 Å². The van der Waals surface area contributed by atoms with E-state index in [1.165, 1.54) is 0 Å². The van der Waals surface area contributed by atoms with E-state index in [4.69, 9.17) is 16.7 Å². The summed E-state index contributed by atoms with van der Waals surface area (Å²) in [5, 5.41) is 9.65. The first-order valence-electron chi connectivity index (χ1n) is 12.5. The highest BCUT2D eigenvalue weighted by Crippen LogP contribution is 2.38. The molecule has 0 unspecified atom stereocenters. The summed E-state index contributed by atoms with van der Waals surface area (Å²) in [5.74, 6) is 0. The van der Waals surface area contributed by atoms with E-state index in [1.807, 2.05) is 55.2 Å². The van der Waals surface area contributed by atoms with Crippen molar-refractivity contribution in [2.75, 3.05) is 13.6 Å². The number of nitrogens with zero attached hydrogens (tertiary/aromatic N) is 4. The lowest BCUT2D eigenvalue weighted by atomic mass is 9.99. The lowest BCUT2D eigenvalue weighted by Crippen LogP contribution is -2.13. The van der Waals surface area contributed by atoms with Gasteiger partial charge in [-0.2, -0.15) is 18.3 Å². The van der Waals surface area contributed by atoms with E-state index in [0.717, 1.165) is 62.9 Å². The minimum atomic E-state index is -4.60. The summed E-state index contributed by atoms with van der Waals surface area (Å²) in [6.45, 7) is 7.89. The number of halogens is 4. The molecular weight excluding hydrogens is 525 g/mol. The second-order valence-electron chi connectivity index (χ2n) is 9.07. The highest BCUT2D eigenvalue weighted by Gasteiger charge is 2.32. The van der Waals surface area contributed by atoms with Gasteiger partial charge in [0.1, 0.15) is 0 Å². The summed E-state index contributed by atoms with van der Waals surface area (Å²) in [7, 11) is 1.84. The van der Waals surface area contributed by atoms with E-state index in [9.17, 15) is 13.2 Å². The smallest absolute Gasteiger partial charge is 0.360 e. The predicted molar refractivity (Wildman–Crippen MR) is 153 cm³/mol. The minimum absolute atomic E-state index is 0.0131. The number of aliphatic imine (C=N–C) groups is 2. The first-order valence-corrected chi connectivity index (χ1v) is 12.9. The number of H-pyrrole nitrogens is 1. The molecular formula is C29H30ClF3N6. The average Bonchev–Trinajstić information content (AvgIpc) is 3.53. The van der Waals surface area contributed by atoms with Gasteiger partial charge in [-0.15, -0.1) is 0 Å². The topological polar surface area (TPSA) is 70.4 Å². The fraction of sp³-hybridized carbons (Fsp3) is 0.276. The Morgan fingerprint density at radius 3 is 2.72 bits per heavy atom. The number of para-hydroxylation sites is 1. The molecule has 2 N–H and O–H groups in total. The van der Waals surface area contributed by atoms with Crippen molar-refractivity contribution in [2.24, 2.45) is 9.98 Å². The predicted octanol–water partition coefficient (Wildman–Crippen LogP) is 7.02. The molecule has 0 fully saturated rings. The third-order valence-electron chi connectivity index (χ3n) is 6.56. The molecule has 4 rings (SSSR count). The Balaban J connectivity index is 2.01. The summed E-state index contributed by atoms with van der Waals surface area (Å²) in [5.41, 5.74) is 5.99. The Morgan fingerprint density at radius 1 is 1.23 bits per heavy atom. The van der Waals surface area contributed by atoms with Crippen LogP contribution in [0.4, 0.5) is 13.2 Å². The second kappa shape index (κ2) is 12.0. The monoisotopic (exact) mass is 554 g/mol. The third-order valence-corrected chi connectivity index (χ3v) is 6.87.